The van der Waals surface area contributed by atoms with Crippen molar-refractivity contribution in [2.45, 2.75) is 271 Å². The molecule has 0 spiro atoms. The normalized spacial score (nSPS) is 12.5. The summed E-state index contributed by atoms with van der Waals surface area (Å²) in [5, 5.41) is 0. The van der Waals surface area contributed by atoms with Gasteiger partial charge in [-0.15, -0.1) is 0 Å². The van der Waals surface area contributed by atoms with Crippen LogP contribution in [0.5, 0.6) is 0 Å². The largest absolute Gasteiger partial charge is 0.462 e. The van der Waals surface area contributed by atoms with Crippen LogP contribution < -0.4 is 0 Å². The van der Waals surface area contributed by atoms with E-state index in [-0.39, 0.29) is 31.1 Å². The highest BCUT2D eigenvalue weighted by atomic mass is 16.6. The minimum atomic E-state index is -0.792. The van der Waals surface area contributed by atoms with E-state index >= 15 is 0 Å². The van der Waals surface area contributed by atoms with Crippen molar-refractivity contribution in [3.63, 3.8) is 0 Å². The van der Waals surface area contributed by atoms with Crippen LogP contribution in [0.25, 0.3) is 0 Å². The summed E-state index contributed by atoms with van der Waals surface area (Å²) in [4.78, 5) is 38.0. The van der Waals surface area contributed by atoms with E-state index in [4.69, 9.17) is 14.2 Å². The SMILES string of the molecule is CCCCC/C=C\C/C=C\C/C=C\CCCCC(=O)OC[C@H](COC(=O)CCCCCCCCC/C=C\CCCCCC)OC(=O)CCCCCCCCC/C=C\CCCCCC. The minimum absolute atomic E-state index is 0.0897. The molecule has 63 heavy (non-hydrogen) atoms. The Hall–Kier alpha value is -2.89. The number of ether oxygens (including phenoxy) is 3. The van der Waals surface area contributed by atoms with Gasteiger partial charge in [0.1, 0.15) is 13.2 Å². The molecule has 0 aliphatic rings. The molecule has 6 heteroatoms. The van der Waals surface area contributed by atoms with Crippen LogP contribution in [-0.2, 0) is 28.6 Å². The molecule has 0 saturated carbocycles. The summed E-state index contributed by atoms with van der Waals surface area (Å²) in [7, 11) is 0. The Morgan fingerprint density at radius 2 is 0.571 bits per heavy atom. The first-order valence-electron chi connectivity index (χ1n) is 26.8. The Morgan fingerprint density at radius 3 is 0.968 bits per heavy atom. The Balaban J connectivity index is 4.44. The highest BCUT2D eigenvalue weighted by Gasteiger charge is 2.19. The Kier molecular flexibility index (Phi) is 49.4. The molecule has 6 nitrogen and oxygen atoms in total. The highest BCUT2D eigenvalue weighted by Crippen LogP contribution is 2.14. The van der Waals surface area contributed by atoms with Crippen LogP contribution in [0.3, 0.4) is 0 Å². The number of allylic oxidation sites excluding steroid dienone is 10. The predicted molar refractivity (Wildman–Crippen MR) is 270 cm³/mol. The van der Waals surface area contributed by atoms with Gasteiger partial charge in [-0.1, -0.05) is 197 Å². The second-order valence-electron chi connectivity index (χ2n) is 17.8. The molecule has 0 fully saturated rings. The predicted octanol–water partition coefficient (Wildman–Crippen LogP) is 17.6. The third-order valence-corrected chi connectivity index (χ3v) is 11.5. The Labute approximate surface area is 390 Å². The van der Waals surface area contributed by atoms with Gasteiger partial charge in [0, 0.05) is 19.3 Å². The lowest BCUT2D eigenvalue weighted by atomic mass is 10.1. The Bertz CT molecular complexity index is 1150. The first kappa shape index (κ1) is 60.1. The van der Waals surface area contributed by atoms with E-state index in [1.54, 1.807) is 0 Å². The average molecular weight is 881 g/mol. The zero-order valence-electron chi connectivity index (χ0n) is 41.6. The van der Waals surface area contributed by atoms with Crippen molar-refractivity contribution in [2.24, 2.45) is 0 Å². The minimum Gasteiger partial charge on any atom is -0.462 e. The molecule has 0 amide bonds. The van der Waals surface area contributed by atoms with Gasteiger partial charge in [0.05, 0.1) is 0 Å². The monoisotopic (exact) mass is 881 g/mol. The van der Waals surface area contributed by atoms with Crippen LogP contribution in [0.1, 0.15) is 265 Å². The number of unbranched alkanes of at least 4 members (excludes halogenated alkanes) is 27. The summed E-state index contributed by atoms with van der Waals surface area (Å²) in [5.41, 5.74) is 0. The number of carbonyl (C=O) groups excluding carboxylic acids is 3. The highest BCUT2D eigenvalue weighted by molar-refractivity contribution is 5.71. The van der Waals surface area contributed by atoms with E-state index in [0.717, 1.165) is 70.6 Å². The number of esters is 3. The van der Waals surface area contributed by atoms with Crippen molar-refractivity contribution in [3.8, 4) is 0 Å². The molecule has 0 aromatic heterocycles. The molecule has 0 aromatic rings. The van der Waals surface area contributed by atoms with Gasteiger partial charge in [-0.3, -0.25) is 14.4 Å². The van der Waals surface area contributed by atoms with Crippen LogP contribution >= 0.6 is 0 Å². The van der Waals surface area contributed by atoms with Gasteiger partial charge >= 0.3 is 17.9 Å². The van der Waals surface area contributed by atoms with Gasteiger partial charge in [0.25, 0.3) is 0 Å². The lowest BCUT2D eigenvalue weighted by Gasteiger charge is -2.18. The molecule has 0 aliphatic heterocycles. The second kappa shape index (κ2) is 51.7. The maximum Gasteiger partial charge on any atom is 0.306 e. The molecular formula is C57H100O6. The van der Waals surface area contributed by atoms with Crippen molar-refractivity contribution in [1.82, 2.24) is 0 Å². The molecule has 0 rings (SSSR count). The second-order valence-corrected chi connectivity index (χ2v) is 17.8. The molecule has 1 atom stereocenters. The summed E-state index contributed by atoms with van der Waals surface area (Å²) in [6.45, 7) is 6.55. The molecule has 0 unspecified atom stereocenters. The van der Waals surface area contributed by atoms with E-state index in [9.17, 15) is 14.4 Å². The third-order valence-electron chi connectivity index (χ3n) is 11.5. The molecule has 0 radical (unpaired) electrons. The summed E-state index contributed by atoms with van der Waals surface area (Å²) in [6, 6.07) is 0. The average Bonchev–Trinajstić information content (AvgIpc) is 3.28. The zero-order chi connectivity index (χ0) is 45.8. The van der Waals surface area contributed by atoms with Crippen LogP contribution in [0.15, 0.2) is 60.8 Å². The van der Waals surface area contributed by atoms with E-state index in [1.165, 1.54) is 154 Å². The number of hydrogen-bond donors (Lipinski definition) is 0. The van der Waals surface area contributed by atoms with Crippen LogP contribution in [0.4, 0.5) is 0 Å². The van der Waals surface area contributed by atoms with Crippen LogP contribution in [0, 0.1) is 0 Å². The summed E-state index contributed by atoms with van der Waals surface area (Å²) in [6.07, 6.45) is 63.4. The molecule has 0 heterocycles. The number of hydrogen-bond acceptors (Lipinski definition) is 6. The van der Waals surface area contributed by atoms with E-state index in [2.05, 4.69) is 81.5 Å². The Morgan fingerprint density at radius 1 is 0.317 bits per heavy atom. The van der Waals surface area contributed by atoms with E-state index < -0.39 is 6.10 Å². The van der Waals surface area contributed by atoms with E-state index in [1.807, 2.05) is 0 Å². The molecule has 0 saturated heterocycles. The lowest BCUT2D eigenvalue weighted by molar-refractivity contribution is -0.167. The first-order chi connectivity index (χ1) is 31.0. The summed E-state index contributed by atoms with van der Waals surface area (Å²) < 4.78 is 16.8. The standard InChI is InChI=1S/C57H100O6/c1-4-7-10-13-16-19-22-25-28-31-34-37-40-43-46-49-55(58)61-52-54(63-57(60)51-48-45-42-39-36-33-30-27-24-21-18-15-12-9-6-3)53-62-56(59)50-47-44-41-38-35-32-29-26-23-20-17-14-11-8-5-2/h16,19-21,23-25,28,34,37,54H,4-15,17-18,22,26-27,29-33,35-36,38-53H2,1-3H3/b19-16-,23-20-,24-21-,28-25-,37-34-/t54-/m1/s1. The molecule has 364 valence electrons. The van der Waals surface area contributed by atoms with Gasteiger partial charge in [-0.2, -0.15) is 0 Å². The van der Waals surface area contributed by atoms with Gasteiger partial charge in [-0.05, 0) is 109 Å². The summed E-state index contributed by atoms with van der Waals surface area (Å²) >= 11 is 0. The fraction of sp³-hybridized carbons (Fsp3) is 0.772. The summed E-state index contributed by atoms with van der Waals surface area (Å²) in [5.74, 6) is -0.933. The number of rotatable bonds is 48. The van der Waals surface area contributed by atoms with E-state index in [0.29, 0.717) is 19.3 Å². The van der Waals surface area contributed by atoms with Gasteiger partial charge in [0.15, 0.2) is 6.10 Å². The maximum absolute atomic E-state index is 12.8. The fourth-order valence-corrected chi connectivity index (χ4v) is 7.38. The lowest BCUT2D eigenvalue weighted by Crippen LogP contribution is -2.30. The topological polar surface area (TPSA) is 78.9 Å². The zero-order valence-corrected chi connectivity index (χ0v) is 41.6. The van der Waals surface area contributed by atoms with Crippen molar-refractivity contribution >= 4 is 17.9 Å². The molecule has 0 aromatic carbocycles. The number of carbonyl (C=O) groups is 3. The molecule has 0 bridgehead atoms. The van der Waals surface area contributed by atoms with Gasteiger partial charge < -0.3 is 14.2 Å². The third kappa shape index (κ3) is 50.0. The smallest absolute Gasteiger partial charge is 0.306 e. The van der Waals surface area contributed by atoms with Crippen molar-refractivity contribution in [3.05, 3.63) is 60.8 Å². The van der Waals surface area contributed by atoms with Gasteiger partial charge in [-0.25, -0.2) is 0 Å². The molecule has 0 N–H and O–H groups in total. The molecular weight excluding hydrogens is 781 g/mol. The molecule has 0 aliphatic carbocycles. The van der Waals surface area contributed by atoms with Gasteiger partial charge in [0.2, 0.25) is 0 Å². The quantitative estimate of drug-likeness (QED) is 0.0262. The van der Waals surface area contributed by atoms with Crippen LogP contribution in [-0.4, -0.2) is 37.2 Å². The van der Waals surface area contributed by atoms with Crippen LogP contribution in [0.2, 0.25) is 0 Å². The fourth-order valence-electron chi connectivity index (χ4n) is 7.38. The van der Waals surface area contributed by atoms with Crippen molar-refractivity contribution < 1.29 is 28.6 Å². The maximum atomic E-state index is 12.8. The van der Waals surface area contributed by atoms with Crippen molar-refractivity contribution in [2.75, 3.05) is 13.2 Å². The van der Waals surface area contributed by atoms with Crippen molar-refractivity contribution in [1.29, 1.82) is 0 Å². The first-order valence-corrected chi connectivity index (χ1v) is 26.8.